The lowest BCUT2D eigenvalue weighted by atomic mass is 9.88. The van der Waals surface area contributed by atoms with Gasteiger partial charge in [-0.25, -0.2) is 0 Å². The second-order valence-corrected chi connectivity index (χ2v) is 6.69. The zero-order valence-corrected chi connectivity index (χ0v) is 15.1. The van der Waals surface area contributed by atoms with E-state index in [-0.39, 0.29) is 30.4 Å². The van der Waals surface area contributed by atoms with Crippen molar-refractivity contribution in [2.45, 2.75) is 44.6 Å². The Labute approximate surface area is 154 Å². The molecule has 4 heteroatoms. The predicted octanol–water partition coefficient (Wildman–Crippen LogP) is 3.92. The summed E-state index contributed by atoms with van der Waals surface area (Å²) in [5.74, 6) is -0.930. The number of esters is 1. The standard InChI is InChI=1S/C22H25NO3/c1-2-18(16-9-4-3-5-10-16)22(25)26-15-21(24)23-20-14-8-12-17-11-6-7-13-19(17)20/h3-7,9-11,13,18,20H,2,8,12,14-15H2,1H3,(H,23,24)/t18-,20+/m1/s1. The van der Waals surface area contributed by atoms with Crippen molar-refractivity contribution in [1.82, 2.24) is 5.32 Å². The molecule has 1 aliphatic rings. The van der Waals surface area contributed by atoms with Gasteiger partial charge in [0.1, 0.15) is 0 Å². The van der Waals surface area contributed by atoms with Gasteiger partial charge < -0.3 is 10.1 Å². The van der Waals surface area contributed by atoms with Gasteiger partial charge in [0.15, 0.2) is 6.61 Å². The van der Waals surface area contributed by atoms with Gasteiger partial charge in [-0.2, -0.15) is 0 Å². The maximum Gasteiger partial charge on any atom is 0.313 e. The molecule has 0 spiro atoms. The maximum absolute atomic E-state index is 12.4. The van der Waals surface area contributed by atoms with E-state index >= 15 is 0 Å². The predicted molar refractivity (Wildman–Crippen MR) is 101 cm³/mol. The summed E-state index contributed by atoms with van der Waals surface area (Å²) in [5, 5.41) is 3.01. The molecule has 1 amide bonds. The van der Waals surface area contributed by atoms with Gasteiger partial charge in [0.2, 0.25) is 0 Å². The third-order valence-corrected chi connectivity index (χ3v) is 4.94. The highest BCUT2D eigenvalue weighted by molar-refractivity contribution is 5.83. The SMILES string of the molecule is CC[C@@H](C(=O)OCC(=O)N[C@H]1CCCc2ccccc21)c1ccccc1. The zero-order chi connectivity index (χ0) is 18.4. The van der Waals surface area contributed by atoms with Gasteiger partial charge in [-0.15, -0.1) is 0 Å². The molecule has 0 aromatic heterocycles. The van der Waals surface area contributed by atoms with Gasteiger partial charge >= 0.3 is 5.97 Å². The summed E-state index contributed by atoms with van der Waals surface area (Å²) >= 11 is 0. The Morgan fingerprint density at radius 2 is 1.85 bits per heavy atom. The van der Waals surface area contributed by atoms with Crippen molar-refractivity contribution in [3.05, 3.63) is 71.3 Å². The molecule has 1 N–H and O–H groups in total. The number of rotatable bonds is 6. The number of fused-ring (bicyclic) bond motifs is 1. The fraction of sp³-hybridized carbons (Fsp3) is 0.364. The normalized spacial score (nSPS) is 17.0. The Balaban J connectivity index is 1.55. The highest BCUT2D eigenvalue weighted by Crippen LogP contribution is 2.29. The Morgan fingerprint density at radius 1 is 1.12 bits per heavy atom. The molecule has 0 heterocycles. The fourth-order valence-corrected chi connectivity index (χ4v) is 3.60. The lowest BCUT2D eigenvalue weighted by Gasteiger charge is -2.26. The molecule has 0 aliphatic heterocycles. The monoisotopic (exact) mass is 351 g/mol. The smallest absolute Gasteiger partial charge is 0.313 e. The first-order valence-corrected chi connectivity index (χ1v) is 9.27. The minimum absolute atomic E-state index is 0.00208. The third kappa shape index (κ3) is 4.31. The first-order valence-electron chi connectivity index (χ1n) is 9.27. The van der Waals surface area contributed by atoms with Gasteiger partial charge in [0.25, 0.3) is 5.91 Å². The molecule has 2 aromatic rings. The van der Waals surface area contributed by atoms with Crippen molar-refractivity contribution in [3.63, 3.8) is 0 Å². The fourth-order valence-electron chi connectivity index (χ4n) is 3.60. The number of hydrogen-bond donors (Lipinski definition) is 1. The molecule has 26 heavy (non-hydrogen) atoms. The van der Waals surface area contributed by atoms with Crippen LogP contribution in [-0.4, -0.2) is 18.5 Å². The molecular weight excluding hydrogens is 326 g/mol. The van der Waals surface area contributed by atoms with E-state index in [1.54, 1.807) is 0 Å². The van der Waals surface area contributed by atoms with Crippen molar-refractivity contribution in [3.8, 4) is 0 Å². The Bertz CT molecular complexity index is 757. The number of carbonyl (C=O) groups is 2. The largest absolute Gasteiger partial charge is 0.455 e. The number of carbonyl (C=O) groups excluding carboxylic acids is 2. The molecule has 0 unspecified atom stereocenters. The van der Waals surface area contributed by atoms with E-state index in [9.17, 15) is 9.59 Å². The Kier molecular flexibility index (Phi) is 6.05. The molecule has 2 aromatic carbocycles. The number of aryl methyl sites for hydroxylation is 1. The molecule has 0 radical (unpaired) electrons. The topological polar surface area (TPSA) is 55.4 Å². The highest BCUT2D eigenvalue weighted by atomic mass is 16.5. The number of nitrogens with one attached hydrogen (secondary N) is 1. The summed E-state index contributed by atoms with van der Waals surface area (Å²) < 4.78 is 5.29. The average molecular weight is 351 g/mol. The summed E-state index contributed by atoms with van der Waals surface area (Å²) in [6.45, 7) is 1.71. The van der Waals surface area contributed by atoms with Crippen LogP contribution in [-0.2, 0) is 20.7 Å². The van der Waals surface area contributed by atoms with Crippen LogP contribution in [0.15, 0.2) is 54.6 Å². The number of benzene rings is 2. The van der Waals surface area contributed by atoms with Crippen molar-refractivity contribution in [1.29, 1.82) is 0 Å². The molecule has 0 saturated carbocycles. The quantitative estimate of drug-likeness (QED) is 0.803. The minimum atomic E-state index is -0.349. The summed E-state index contributed by atoms with van der Waals surface area (Å²) in [5.41, 5.74) is 3.38. The van der Waals surface area contributed by atoms with Crippen LogP contribution in [0.2, 0.25) is 0 Å². The Morgan fingerprint density at radius 3 is 2.62 bits per heavy atom. The second kappa shape index (κ2) is 8.65. The van der Waals surface area contributed by atoms with Crippen LogP contribution in [0.5, 0.6) is 0 Å². The maximum atomic E-state index is 12.4. The summed E-state index contributed by atoms with van der Waals surface area (Å²) in [6, 6.07) is 17.7. The van der Waals surface area contributed by atoms with E-state index in [4.69, 9.17) is 4.74 Å². The number of ether oxygens (including phenoxy) is 1. The van der Waals surface area contributed by atoms with E-state index in [0.29, 0.717) is 6.42 Å². The molecule has 4 nitrogen and oxygen atoms in total. The molecule has 0 fully saturated rings. The van der Waals surface area contributed by atoms with E-state index in [1.165, 1.54) is 11.1 Å². The average Bonchev–Trinajstić information content (AvgIpc) is 2.68. The van der Waals surface area contributed by atoms with Gasteiger partial charge in [0.05, 0.1) is 12.0 Å². The molecule has 0 saturated heterocycles. The van der Waals surface area contributed by atoms with Gasteiger partial charge in [0, 0.05) is 0 Å². The minimum Gasteiger partial charge on any atom is -0.455 e. The van der Waals surface area contributed by atoms with Crippen molar-refractivity contribution in [2.75, 3.05) is 6.61 Å². The molecule has 0 bridgehead atoms. The number of hydrogen-bond acceptors (Lipinski definition) is 3. The molecule has 3 rings (SSSR count). The Hall–Kier alpha value is -2.62. The summed E-state index contributed by atoms with van der Waals surface area (Å²) in [7, 11) is 0. The molecule has 2 atom stereocenters. The third-order valence-electron chi connectivity index (χ3n) is 4.94. The van der Waals surface area contributed by atoms with Crippen LogP contribution >= 0.6 is 0 Å². The molecular formula is C22H25NO3. The highest BCUT2D eigenvalue weighted by Gasteiger charge is 2.24. The summed E-state index contributed by atoms with van der Waals surface area (Å²) in [4.78, 5) is 24.7. The first-order chi connectivity index (χ1) is 12.7. The summed E-state index contributed by atoms with van der Waals surface area (Å²) in [6.07, 6.45) is 3.65. The van der Waals surface area contributed by atoms with Crippen molar-refractivity contribution >= 4 is 11.9 Å². The van der Waals surface area contributed by atoms with Crippen LogP contribution in [0.25, 0.3) is 0 Å². The lowest BCUT2D eigenvalue weighted by molar-refractivity contribution is -0.150. The lowest BCUT2D eigenvalue weighted by Crippen LogP contribution is -2.34. The van der Waals surface area contributed by atoms with Gasteiger partial charge in [-0.3, -0.25) is 9.59 Å². The molecule has 136 valence electrons. The number of amides is 1. The second-order valence-electron chi connectivity index (χ2n) is 6.69. The van der Waals surface area contributed by atoms with Crippen LogP contribution < -0.4 is 5.32 Å². The van der Waals surface area contributed by atoms with Gasteiger partial charge in [-0.1, -0.05) is 61.5 Å². The van der Waals surface area contributed by atoms with Crippen LogP contribution in [0, 0.1) is 0 Å². The van der Waals surface area contributed by atoms with Crippen molar-refractivity contribution in [2.24, 2.45) is 0 Å². The van der Waals surface area contributed by atoms with Gasteiger partial charge in [-0.05, 0) is 42.4 Å². The van der Waals surface area contributed by atoms with Crippen molar-refractivity contribution < 1.29 is 14.3 Å². The van der Waals surface area contributed by atoms with E-state index < -0.39 is 0 Å². The van der Waals surface area contributed by atoms with Crippen LogP contribution in [0.3, 0.4) is 0 Å². The van der Waals surface area contributed by atoms with Crippen LogP contribution in [0.4, 0.5) is 0 Å². The zero-order valence-electron chi connectivity index (χ0n) is 15.1. The first kappa shape index (κ1) is 18.2. The van der Waals surface area contributed by atoms with E-state index in [0.717, 1.165) is 24.8 Å². The van der Waals surface area contributed by atoms with E-state index in [2.05, 4.69) is 17.4 Å². The molecule has 1 aliphatic carbocycles. The van der Waals surface area contributed by atoms with E-state index in [1.807, 2.05) is 49.4 Å². The van der Waals surface area contributed by atoms with Crippen LogP contribution in [0.1, 0.15) is 54.8 Å².